The van der Waals surface area contributed by atoms with Gasteiger partial charge in [0.25, 0.3) is 15.9 Å². The predicted molar refractivity (Wildman–Crippen MR) is 130 cm³/mol. The van der Waals surface area contributed by atoms with Crippen LogP contribution in [-0.4, -0.2) is 40.1 Å². The van der Waals surface area contributed by atoms with Crippen molar-refractivity contribution in [2.24, 2.45) is 0 Å². The number of nitrogens with zero attached hydrogens (tertiary/aromatic N) is 1. The normalized spacial score (nSPS) is 10.9. The van der Waals surface area contributed by atoms with E-state index in [1.165, 1.54) is 4.31 Å². The minimum atomic E-state index is -3.69. The smallest absolute Gasteiger partial charge is 0.338 e. The molecule has 0 radical (unpaired) electrons. The molecule has 0 bridgehead atoms. The quantitative estimate of drug-likeness (QED) is 0.437. The number of sulfonamides is 1. The van der Waals surface area contributed by atoms with Crippen LogP contribution in [0.5, 0.6) is 5.75 Å². The van der Waals surface area contributed by atoms with Gasteiger partial charge < -0.3 is 14.8 Å². The number of carbonyl (C=O) groups excluding carboxylic acids is 2. The molecule has 0 aliphatic heterocycles. The number of benzene rings is 3. The lowest BCUT2D eigenvalue weighted by Gasteiger charge is -2.23. The standard InChI is InChI=1S/C25H26N2O6S/c1-3-27(34(30,31)23-8-6-5-7-9-23)21-14-16-22(17-15-21)33-18-24(28)26-20-12-10-19(11-13-20)25(29)32-4-2/h5-17H,3-4,18H2,1-2H3,(H,26,28). The van der Waals surface area contributed by atoms with Gasteiger partial charge in [0, 0.05) is 12.2 Å². The van der Waals surface area contributed by atoms with Crippen molar-refractivity contribution in [1.29, 1.82) is 0 Å². The molecule has 178 valence electrons. The molecule has 0 aliphatic rings. The van der Waals surface area contributed by atoms with Crippen LogP contribution in [0.3, 0.4) is 0 Å². The van der Waals surface area contributed by atoms with Crippen LogP contribution in [-0.2, 0) is 19.6 Å². The molecule has 0 aromatic heterocycles. The van der Waals surface area contributed by atoms with Gasteiger partial charge in [-0.1, -0.05) is 18.2 Å². The Kier molecular flexibility index (Phi) is 8.26. The lowest BCUT2D eigenvalue weighted by atomic mass is 10.2. The lowest BCUT2D eigenvalue weighted by Crippen LogP contribution is -2.30. The van der Waals surface area contributed by atoms with Crippen molar-refractivity contribution in [3.8, 4) is 5.75 Å². The highest BCUT2D eigenvalue weighted by molar-refractivity contribution is 7.92. The summed E-state index contributed by atoms with van der Waals surface area (Å²) < 4.78 is 37.6. The maximum Gasteiger partial charge on any atom is 0.338 e. The van der Waals surface area contributed by atoms with E-state index in [-0.39, 0.29) is 30.6 Å². The summed E-state index contributed by atoms with van der Waals surface area (Å²) in [6.45, 7) is 3.80. The monoisotopic (exact) mass is 482 g/mol. The van der Waals surface area contributed by atoms with Crippen LogP contribution >= 0.6 is 0 Å². The van der Waals surface area contributed by atoms with Gasteiger partial charge in [0.05, 0.1) is 22.8 Å². The second-order valence-corrected chi connectivity index (χ2v) is 8.97. The Hall–Kier alpha value is -3.85. The van der Waals surface area contributed by atoms with E-state index in [4.69, 9.17) is 9.47 Å². The summed E-state index contributed by atoms with van der Waals surface area (Å²) in [4.78, 5) is 24.1. The molecule has 1 amide bonds. The summed E-state index contributed by atoms with van der Waals surface area (Å²) in [6, 6.07) is 21.0. The number of rotatable bonds is 10. The van der Waals surface area contributed by atoms with E-state index in [1.54, 1.807) is 92.7 Å². The van der Waals surface area contributed by atoms with Crippen molar-refractivity contribution in [3.63, 3.8) is 0 Å². The van der Waals surface area contributed by atoms with Gasteiger partial charge in [-0.2, -0.15) is 0 Å². The number of ether oxygens (including phenoxy) is 2. The van der Waals surface area contributed by atoms with Gasteiger partial charge in [0.2, 0.25) is 0 Å². The Morgan fingerprint density at radius 2 is 1.53 bits per heavy atom. The highest BCUT2D eigenvalue weighted by Gasteiger charge is 2.23. The molecule has 3 aromatic rings. The van der Waals surface area contributed by atoms with Crippen LogP contribution < -0.4 is 14.4 Å². The Balaban J connectivity index is 1.58. The van der Waals surface area contributed by atoms with Crippen LogP contribution in [0.4, 0.5) is 11.4 Å². The molecule has 0 spiro atoms. The first-order valence-electron chi connectivity index (χ1n) is 10.7. The topological polar surface area (TPSA) is 102 Å². The zero-order valence-corrected chi connectivity index (χ0v) is 19.7. The van der Waals surface area contributed by atoms with Gasteiger partial charge in [-0.05, 0) is 74.5 Å². The van der Waals surface area contributed by atoms with E-state index < -0.39 is 16.0 Å². The summed E-state index contributed by atoms with van der Waals surface area (Å²) in [5, 5.41) is 2.68. The molecule has 0 aliphatic carbocycles. The fourth-order valence-corrected chi connectivity index (χ4v) is 4.66. The molecule has 0 saturated heterocycles. The van der Waals surface area contributed by atoms with Crippen LogP contribution in [0.1, 0.15) is 24.2 Å². The SMILES string of the molecule is CCOC(=O)c1ccc(NC(=O)COc2ccc(N(CC)S(=O)(=O)c3ccccc3)cc2)cc1. The second-order valence-electron chi connectivity index (χ2n) is 7.11. The third-order valence-electron chi connectivity index (χ3n) is 4.79. The molecular formula is C25H26N2O6S. The first-order chi connectivity index (χ1) is 16.3. The van der Waals surface area contributed by atoms with E-state index in [9.17, 15) is 18.0 Å². The van der Waals surface area contributed by atoms with E-state index in [1.807, 2.05) is 0 Å². The highest BCUT2D eigenvalue weighted by Crippen LogP contribution is 2.25. The number of amides is 1. The van der Waals surface area contributed by atoms with Gasteiger partial charge in [-0.3, -0.25) is 9.10 Å². The predicted octanol–water partition coefficient (Wildman–Crippen LogP) is 4.10. The molecule has 0 heterocycles. The Bertz CT molecular complexity index is 1210. The van der Waals surface area contributed by atoms with Gasteiger partial charge in [-0.25, -0.2) is 13.2 Å². The minimum absolute atomic E-state index is 0.212. The Morgan fingerprint density at radius 3 is 2.12 bits per heavy atom. The fraction of sp³-hybridized carbons (Fsp3) is 0.200. The fourth-order valence-electron chi connectivity index (χ4n) is 3.17. The third-order valence-corrected chi connectivity index (χ3v) is 6.71. The van der Waals surface area contributed by atoms with Gasteiger partial charge >= 0.3 is 5.97 Å². The number of hydrogen-bond acceptors (Lipinski definition) is 6. The summed E-state index contributed by atoms with van der Waals surface area (Å²) in [6.07, 6.45) is 0. The molecule has 0 atom stereocenters. The zero-order chi connectivity index (χ0) is 24.6. The van der Waals surface area contributed by atoms with E-state index in [0.717, 1.165) is 0 Å². The number of esters is 1. The molecule has 3 aromatic carbocycles. The first kappa shape index (κ1) is 24.8. The van der Waals surface area contributed by atoms with Crippen molar-refractivity contribution in [2.45, 2.75) is 18.7 Å². The molecular weight excluding hydrogens is 456 g/mol. The average Bonchev–Trinajstić information content (AvgIpc) is 2.85. The first-order valence-corrected chi connectivity index (χ1v) is 12.2. The highest BCUT2D eigenvalue weighted by atomic mass is 32.2. The van der Waals surface area contributed by atoms with Gasteiger partial charge in [-0.15, -0.1) is 0 Å². The van der Waals surface area contributed by atoms with Gasteiger partial charge in [0.1, 0.15) is 5.75 Å². The molecule has 0 fully saturated rings. The largest absolute Gasteiger partial charge is 0.484 e. The second kappa shape index (κ2) is 11.3. The summed E-state index contributed by atoms with van der Waals surface area (Å²) in [5.41, 5.74) is 1.40. The zero-order valence-electron chi connectivity index (χ0n) is 18.9. The maximum absolute atomic E-state index is 12.9. The molecule has 0 unspecified atom stereocenters. The van der Waals surface area contributed by atoms with Crippen molar-refractivity contribution < 1.29 is 27.5 Å². The van der Waals surface area contributed by atoms with E-state index in [0.29, 0.717) is 22.7 Å². The number of hydrogen-bond donors (Lipinski definition) is 1. The molecule has 9 heteroatoms. The van der Waals surface area contributed by atoms with Crippen molar-refractivity contribution in [2.75, 3.05) is 29.4 Å². The van der Waals surface area contributed by atoms with Crippen molar-refractivity contribution in [1.82, 2.24) is 0 Å². The molecule has 1 N–H and O–H groups in total. The summed E-state index contributed by atoms with van der Waals surface area (Å²) >= 11 is 0. The third kappa shape index (κ3) is 6.14. The average molecular weight is 483 g/mol. The minimum Gasteiger partial charge on any atom is -0.484 e. The van der Waals surface area contributed by atoms with Crippen LogP contribution in [0.25, 0.3) is 0 Å². The molecule has 8 nitrogen and oxygen atoms in total. The molecule has 0 saturated carbocycles. The summed E-state index contributed by atoms with van der Waals surface area (Å²) in [5.74, 6) is -0.384. The van der Waals surface area contributed by atoms with Gasteiger partial charge in [0.15, 0.2) is 6.61 Å². The number of nitrogens with one attached hydrogen (secondary N) is 1. The van der Waals surface area contributed by atoms with Crippen LogP contribution in [0.15, 0.2) is 83.8 Å². The van der Waals surface area contributed by atoms with Crippen LogP contribution in [0.2, 0.25) is 0 Å². The number of carbonyl (C=O) groups is 2. The number of anilines is 2. The maximum atomic E-state index is 12.9. The molecule has 34 heavy (non-hydrogen) atoms. The molecule has 3 rings (SSSR count). The Labute approximate surface area is 199 Å². The van der Waals surface area contributed by atoms with Crippen molar-refractivity contribution >= 4 is 33.3 Å². The van der Waals surface area contributed by atoms with Crippen molar-refractivity contribution in [3.05, 3.63) is 84.4 Å². The lowest BCUT2D eigenvalue weighted by molar-refractivity contribution is -0.118. The summed E-state index contributed by atoms with van der Waals surface area (Å²) in [7, 11) is -3.69. The van der Waals surface area contributed by atoms with E-state index >= 15 is 0 Å². The van der Waals surface area contributed by atoms with E-state index in [2.05, 4.69) is 5.32 Å². The Morgan fingerprint density at radius 1 is 0.882 bits per heavy atom. The van der Waals surface area contributed by atoms with Crippen LogP contribution in [0, 0.1) is 0 Å².